The van der Waals surface area contributed by atoms with Crippen molar-refractivity contribution in [2.45, 2.75) is 39.7 Å². The highest BCUT2D eigenvalue weighted by Gasteiger charge is 2.22. The zero-order chi connectivity index (χ0) is 22.0. The van der Waals surface area contributed by atoms with Crippen LogP contribution < -0.4 is 10.9 Å². The molecule has 0 aliphatic rings. The van der Waals surface area contributed by atoms with E-state index in [1.807, 2.05) is 54.6 Å². The molecule has 2 aromatic heterocycles. The van der Waals surface area contributed by atoms with E-state index in [-0.39, 0.29) is 11.5 Å². The van der Waals surface area contributed by atoms with E-state index in [2.05, 4.69) is 29.5 Å². The van der Waals surface area contributed by atoms with E-state index >= 15 is 0 Å². The summed E-state index contributed by atoms with van der Waals surface area (Å²) in [7, 11) is 0. The quantitative estimate of drug-likeness (QED) is 0.473. The molecular weight excluding hydrogens is 408 g/mol. The molecule has 31 heavy (non-hydrogen) atoms. The maximum Gasteiger partial charge on any atom is 0.279 e. The Morgan fingerprint density at radius 3 is 2.39 bits per heavy atom. The molecule has 4 aromatic rings. The van der Waals surface area contributed by atoms with Gasteiger partial charge in [-0.3, -0.25) is 9.59 Å². The first kappa shape index (κ1) is 20.9. The van der Waals surface area contributed by atoms with Crippen molar-refractivity contribution in [2.75, 3.05) is 5.32 Å². The number of benzene rings is 2. The first-order valence-corrected chi connectivity index (χ1v) is 11.2. The summed E-state index contributed by atoms with van der Waals surface area (Å²) in [6.07, 6.45) is 1.61. The number of hydrogen-bond acceptors (Lipinski definition) is 5. The van der Waals surface area contributed by atoms with Crippen LogP contribution in [-0.2, 0) is 17.6 Å². The molecule has 2 aromatic carbocycles. The van der Waals surface area contributed by atoms with E-state index in [0.717, 1.165) is 40.1 Å². The number of carbonyl (C=O) groups excluding carboxylic acids is 1. The minimum absolute atomic E-state index is 0.287. The fourth-order valence-corrected chi connectivity index (χ4v) is 4.57. The van der Waals surface area contributed by atoms with E-state index in [4.69, 9.17) is 0 Å². The molecule has 1 amide bonds. The number of anilines is 1. The van der Waals surface area contributed by atoms with Gasteiger partial charge in [0, 0.05) is 10.6 Å². The smallest absolute Gasteiger partial charge is 0.279 e. The number of aromatic nitrogens is 3. The van der Waals surface area contributed by atoms with Crippen molar-refractivity contribution in [3.05, 3.63) is 76.1 Å². The predicted molar refractivity (Wildman–Crippen MR) is 126 cm³/mol. The van der Waals surface area contributed by atoms with Crippen molar-refractivity contribution in [1.29, 1.82) is 0 Å². The summed E-state index contributed by atoms with van der Waals surface area (Å²) in [5.41, 5.74) is 3.67. The number of amides is 1. The van der Waals surface area contributed by atoms with Gasteiger partial charge in [-0.05, 0) is 42.5 Å². The highest BCUT2D eigenvalue weighted by Crippen LogP contribution is 2.30. The van der Waals surface area contributed by atoms with Gasteiger partial charge in [0.1, 0.15) is 6.04 Å². The van der Waals surface area contributed by atoms with Crippen molar-refractivity contribution < 1.29 is 4.79 Å². The first-order chi connectivity index (χ1) is 15.0. The normalized spacial score (nSPS) is 12.1. The van der Waals surface area contributed by atoms with Crippen LogP contribution in [0.25, 0.3) is 20.7 Å². The maximum absolute atomic E-state index is 13.1. The predicted octanol–water partition coefficient (Wildman–Crippen LogP) is 4.84. The van der Waals surface area contributed by atoms with Crippen LogP contribution in [0.5, 0.6) is 0 Å². The average molecular weight is 433 g/mol. The summed E-state index contributed by atoms with van der Waals surface area (Å²) in [5.74, 6) is -0.287. The van der Waals surface area contributed by atoms with Crippen molar-refractivity contribution >= 4 is 33.1 Å². The molecule has 6 nitrogen and oxygen atoms in total. The van der Waals surface area contributed by atoms with Gasteiger partial charge in [-0.2, -0.15) is 4.68 Å². The Hall–Kier alpha value is -3.32. The third-order valence-corrected chi connectivity index (χ3v) is 6.50. The number of rotatable bonds is 6. The molecule has 0 saturated heterocycles. The number of nitrogens with one attached hydrogen (secondary N) is 1. The highest BCUT2D eigenvalue weighted by atomic mass is 32.1. The number of nitrogens with zero attached hydrogens (tertiary/aromatic N) is 3. The monoisotopic (exact) mass is 432 g/mol. The Morgan fingerprint density at radius 1 is 1.06 bits per heavy atom. The molecule has 1 unspecified atom stereocenters. The molecule has 7 heteroatoms. The zero-order valence-corrected chi connectivity index (χ0v) is 18.6. The highest BCUT2D eigenvalue weighted by molar-refractivity contribution is 7.21. The number of fused-ring (bicyclic) bond motifs is 1. The van der Waals surface area contributed by atoms with Gasteiger partial charge in [-0.15, -0.1) is 16.4 Å². The number of hydrogen-bond donors (Lipinski definition) is 1. The lowest BCUT2D eigenvalue weighted by Crippen LogP contribution is -2.34. The minimum Gasteiger partial charge on any atom is -0.324 e. The summed E-state index contributed by atoms with van der Waals surface area (Å²) < 4.78 is 1.17. The van der Waals surface area contributed by atoms with Crippen LogP contribution in [0.2, 0.25) is 0 Å². The van der Waals surface area contributed by atoms with Crippen LogP contribution in [0.4, 0.5) is 5.69 Å². The first-order valence-electron chi connectivity index (χ1n) is 10.4. The molecule has 0 fully saturated rings. The van der Waals surface area contributed by atoms with E-state index in [1.165, 1.54) is 16.0 Å². The van der Waals surface area contributed by atoms with Crippen LogP contribution in [0.3, 0.4) is 0 Å². The van der Waals surface area contributed by atoms with Crippen LogP contribution in [0.1, 0.15) is 37.9 Å². The summed E-state index contributed by atoms with van der Waals surface area (Å²) >= 11 is 1.42. The minimum atomic E-state index is -0.793. The third-order valence-electron chi connectivity index (χ3n) is 5.43. The van der Waals surface area contributed by atoms with Crippen LogP contribution in [0.15, 0.2) is 59.4 Å². The van der Waals surface area contributed by atoms with Crippen LogP contribution in [-0.4, -0.2) is 20.9 Å². The van der Waals surface area contributed by atoms with Gasteiger partial charge in [0.05, 0.1) is 5.39 Å². The standard InChI is InChI=1S/C24H24N4O2S/c1-4-16-12-9-13-17(5-2)21(16)25-22(29)15(3)28-24(30)19-14-20(31-23(19)26-27-28)18-10-7-6-8-11-18/h6-15H,4-5H2,1-3H3,(H,25,29). The lowest BCUT2D eigenvalue weighted by atomic mass is 10.0. The van der Waals surface area contributed by atoms with Gasteiger partial charge >= 0.3 is 0 Å². The van der Waals surface area contributed by atoms with Gasteiger partial charge in [-0.1, -0.05) is 67.6 Å². The second kappa shape index (κ2) is 8.81. The average Bonchev–Trinajstić information content (AvgIpc) is 3.25. The third kappa shape index (κ3) is 4.01. The molecule has 158 valence electrons. The molecule has 0 radical (unpaired) electrons. The molecule has 0 aliphatic carbocycles. The number of thiophene rings is 1. The van der Waals surface area contributed by atoms with E-state index in [1.54, 1.807) is 6.92 Å². The summed E-state index contributed by atoms with van der Waals surface area (Å²) in [5, 5.41) is 11.8. The van der Waals surface area contributed by atoms with E-state index in [9.17, 15) is 9.59 Å². The molecule has 4 rings (SSSR count). The fraction of sp³-hybridized carbons (Fsp3) is 0.250. The SMILES string of the molecule is CCc1cccc(CC)c1NC(=O)C(C)n1nnc2sc(-c3ccccc3)cc2c1=O. The fourth-order valence-electron chi connectivity index (χ4n) is 3.60. The summed E-state index contributed by atoms with van der Waals surface area (Å²) in [6, 6.07) is 16.9. The Kier molecular flexibility index (Phi) is 5.95. The molecule has 2 heterocycles. The molecule has 0 aliphatic heterocycles. The van der Waals surface area contributed by atoms with Gasteiger partial charge in [-0.25, -0.2) is 0 Å². The van der Waals surface area contributed by atoms with E-state index in [0.29, 0.717) is 10.2 Å². The van der Waals surface area contributed by atoms with Crippen molar-refractivity contribution in [3.63, 3.8) is 0 Å². The van der Waals surface area contributed by atoms with Gasteiger partial charge in [0.2, 0.25) is 5.91 Å². The largest absolute Gasteiger partial charge is 0.324 e. The second-order valence-corrected chi connectivity index (χ2v) is 8.39. The molecular formula is C24H24N4O2S. The number of carbonyl (C=O) groups is 1. The lowest BCUT2D eigenvalue weighted by Gasteiger charge is -2.17. The summed E-state index contributed by atoms with van der Waals surface area (Å²) in [4.78, 5) is 27.6. The molecule has 0 bridgehead atoms. The zero-order valence-electron chi connectivity index (χ0n) is 17.8. The second-order valence-electron chi connectivity index (χ2n) is 7.36. The Bertz CT molecular complexity index is 1270. The number of para-hydroxylation sites is 1. The summed E-state index contributed by atoms with van der Waals surface area (Å²) in [6.45, 7) is 5.78. The van der Waals surface area contributed by atoms with Crippen molar-refractivity contribution in [1.82, 2.24) is 15.0 Å². The van der Waals surface area contributed by atoms with E-state index < -0.39 is 6.04 Å². The van der Waals surface area contributed by atoms with Crippen LogP contribution in [0, 0.1) is 0 Å². The Morgan fingerprint density at radius 2 is 1.74 bits per heavy atom. The van der Waals surface area contributed by atoms with Gasteiger partial charge in [0.15, 0.2) is 4.83 Å². The molecule has 1 N–H and O–H groups in total. The van der Waals surface area contributed by atoms with Gasteiger partial charge < -0.3 is 5.32 Å². The number of aryl methyl sites for hydroxylation is 2. The maximum atomic E-state index is 13.1. The Balaban J connectivity index is 1.67. The Labute approximate surface area is 184 Å². The molecule has 0 spiro atoms. The lowest BCUT2D eigenvalue weighted by molar-refractivity contribution is -0.119. The van der Waals surface area contributed by atoms with Gasteiger partial charge in [0.25, 0.3) is 5.56 Å². The van der Waals surface area contributed by atoms with Crippen molar-refractivity contribution in [3.8, 4) is 10.4 Å². The van der Waals surface area contributed by atoms with Crippen molar-refractivity contribution in [2.24, 2.45) is 0 Å². The molecule has 0 saturated carbocycles. The molecule has 1 atom stereocenters. The topological polar surface area (TPSA) is 76.9 Å². The van der Waals surface area contributed by atoms with Crippen LogP contribution >= 0.6 is 11.3 Å².